The highest BCUT2D eigenvalue weighted by Crippen LogP contribution is 2.33. The van der Waals surface area contributed by atoms with Crippen molar-refractivity contribution in [1.29, 1.82) is 0 Å². The lowest BCUT2D eigenvalue weighted by Crippen LogP contribution is -2.50. The monoisotopic (exact) mass is 261 g/mol. The summed E-state index contributed by atoms with van der Waals surface area (Å²) < 4.78 is 1.32. The highest BCUT2D eigenvalue weighted by molar-refractivity contribution is 7.17. The maximum atomic E-state index is 10.8. The highest BCUT2D eigenvalue weighted by atomic mass is 32.1. The Balaban J connectivity index is 1.91. The summed E-state index contributed by atoms with van der Waals surface area (Å²) in [6.45, 7) is 3.97. The Kier molecular flexibility index (Phi) is 3.14. The highest BCUT2D eigenvalue weighted by Gasteiger charge is 2.36. The fraction of sp³-hybridized carbons (Fsp3) is 0.467. The Labute approximate surface area is 112 Å². The predicted octanol–water partition coefficient (Wildman–Crippen LogP) is 2.80. The van der Waals surface area contributed by atoms with Crippen LogP contribution in [0, 0.1) is 5.92 Å². The van der Waals surface area contributed by atoms with Crippen molar-refractivity contribution in [2.45, 2.75) is 25.4 Å². The number of rotatable bonds is 2. The molecule has 0 saturated carbocycles. The van der Waals surface area contributed by atoms with Crippen LogP contribution in [0.25, 0.3) is 10.1 Å². The first kappa shape index (κ1) is 12.2. The van der Waals surface area contributed by atoms with Gasteiger partial charge in [-0.15, -0.1) is 11.3 Å². The van der Waals surface area contributed by atoms with Crippen LogP contribution in [0.3, 0.4) is 0 Å². The molecule has 1 aliphatic rings. The van der Waals surface area contributed by atoms with Crippen molar-refractivity contribution in [2.24, 2.45) is 5.92 Å². The molecular formula is C15H19NOS. The molecule has 0 bridgehead atoms. The first-order valence-electron chi connectivity index (χ1n) is 6.57. The van der Waals surface area contributed by atoms with Crippen LogP contribution in [0.4, 0.5) is 0 Å². The van der Waals surface area contributed by atoms with Gasteiger partial charge in [-0.1, -0.05) is 25.1 Å². The van der Waals surface area contributed by atoms with Crippen LogP contribution in [0.15, 0.2) is 29.6 Å². The predicted molar refractivity (Wildman–Crippen MR) is 77.1 cm³/mol. The third-order valence-corrected chi connectivity index (χ3v) is 5.17. The molecule has 1 aliphatic heterocycles. The van der Waals surface area contributed by atoms with Gasteiger partial charge in [0.25, 0.3) is 0 Å². The van der Waals surface area contributed by atoms with E-state index in [1.54, 1.807) is 11.3 Å². The molecule has 2 nitrogen and oxygen atoms in total. The SMILES string of the molecule is CC1CNCCC1(O)Cc1csc2ccccc12. The van der Waals surface area contributed by atoms with E-state index in [1.165, 1.54) is 15.6 Å². The summed E-state index contributed by atoms with van der Waals surface area (Å²) in [5.41, 5.74) is 0.751. The van der Waals surface area contributed by atoms with Gasteiger partial charge in [0.1, 0.15) is 0 Å². The van der Waals surface area contributed by atoms with Crippen LogP contribution < -0.4 is 5.32 Å². The van der Waals surface area contributed by atoms with Gasteiger partial charge in [-0.25, -0.2) is 0 Å². The molecule has 2 unspecified atom stereocenters. The number of hydrogen-bond acceptors (Lipinski definition) is 3. The van der Waals surface area contributed by atoms with E-state index in [1.807, 2.05) is 0 Å². The molecule has 2 atom stereocenters. The molecular weight excluding hydrogens is 242 g/mol. The van der Waals surface area contributed by atoms with Crippen LogP contribution in [0.1, 0.15) is 18.9 Å². The number of nitrogens with one attached hydrogen (secondary N) is 1. The Hall–Kier alpha value is -0.900. The molecule has 3 rings (SSSR count). The van der Waals surface area contributed by atoms with Crippen molar-refractivity contribution in [3.8, 4) is 0 Å². The average molecular weight is 261 g/mol. The van der Waals surface area contributed by atoms with Crippen LogP contribution in [0.5, 0.6) is 0 Å². The van der Waals surface area contributed by atoms with Gasteiger partial charge in [-0.3, -0.25) is 0 Å². The molecule has 1 fully saturated rings. The standard InChI is InChI=1S/C15H19NOS/c1-11-9-16-7-6-15(11,17)8-12-10-18-14-5-3-2-4-13(12)14/h2-5,10-11,16-17H,6-9H2,1H3. The topological polar surface area (TPSA) is 32.3 Å². The van der Waals surface area contributed by atoms with Crippen LogP contribution >= 0.6 is 11.3 Å². The summed E-state index contributed by atoms with van der Waals surface area (Å²) in [6, 6.07) is 8.47. The molecule has 0 spiro atoms. The summed E-state index contributed by atoms with van der Waals surface area (Å²) in [5, 5.41) is 17.7. The fourth-order valence-corrected chi connectivity index (χ4v) is 3.78. The first-order valence-corrected chi connectivity index (χ1v) is 7.45. The van der Waals surface area contributed by atoms with Gasteiger partial charge in [0.05, 0.1) is 5.60 Å². The second kappa shape index (κ2) is 4.65. The zero-order valence-electron chi connectivity index (χ0n) is 10.6. The maximum Gasteiger partial charge on any atom is 0.0738 e. The summed E-state index contributed by atoms with van der Waals surface area (Å²) in [7, 11) is 0. The molecule has 2 N–H and O–H groups in total. The third kappa shape index (κ3) is 2.07. The van der Waals surface area contributed by atoms with Gasteiger partial charge >= 0.3 is 0 Å². The lowest BCUT2D eigenvalue weighted by atomic mass is 9.78. The van der Waals surface area contributed by atoms with E-state index in [-0.39, 0.29) is 0 Å². The van der Waals surface area contributed by atoms with E-state index < -0.39 is 5.60 Å². The fourth-order valence-electron chi connectivity index (χ4n) is 2.82. The van der Waals surface area contributed by atoms with Crippen molar-refractivity contribution in [3.63, 3.8) is 0 Å². The van der Waals surface area contributed by atoms with E-state index in [2.05, 4.69) is 41.9 Å². The van der Waals surface area contributed by atoms with Gasteiger partial charge in [0.2, 0.25) is 0 Å². The molecule has 0 amide bonds. The van der Waals surface area contributed by atoms with Crippen molar-refractivity contribution >= 4 is 21.4 Å². The zero-order chi connectivity index (χ0) is 12.6. The van der Waals surface area contributed by atoms with Crippen molar-refractivity contribution in [3.05, 3.63) is 35.2 Å². The van der Waals surface area contributed by atoms with Crippen LogP contribution in [-0.2, 0) is 6.42 Å². The summed E-state index contributed by atoms with van der Waals surface area (Å²) in [4.78, 5) is 0. The Morgan fingerprint density at radius 2 is 2.28 bits per heavy atom. The molecule has 1 aromatic heterocycles. The number of benzene rings is 1. The molecule has 1 aromatic carbocycles. The minimum absolute atomic E-state index is 0.310. The van der Waals surface area contributed by atoms with E-state index in [0.717, 1.165) is 25.9 Å². The molecule has 1 saturated heterocycles. The smallest absolute Gasteiger partial charge is 0.0738 e. The van der Waals surface area contributed by atoms with Crippen LogP contribution in [-0.4, -0.2) is 23.8 Å². The molecule has 3 heteroatoms. The largest absolute Gasteiger partial charge is 0.389 e. The van der Waals surface area contributed by atoms with E-state index in [9.17, 15) is 5.11 Å². The summed E-state index contributed by atoms with van der Waals surface area (Å²) in [6.07, 6.45) is 1.62. The minimum Gasteiger partial charge on any atom is -0.389 e. The second-order valence-corrected chi connectivity index (χ2v) is 6.30. The van der Waals surface area contributed by atoms with Gasteiger partial charge in [-0.2, -0.15) is 0 Å². The van der Waals surface area contributed by atoms with Crippen molar-refractivity contribution in [2.75, 3.05) is 13.1 Å². The number of piperidine rings is 1. The molecule has 96 valence electrons. The van der Waals surface area contributed by atoms with Gasteiger partial charge in [0.15, 0.2) is 0 Å². The molecule has 2 heterocycles. The number of aliphatic hydroxyl groups is 1. The summed E-state index contributed by atoms with van der Waals surface area (Å²) in [5.74, 6) is 0.310. The van der Waals surface area contributed by atoms with Crippen LogP contribution in [0.2, 0.25) is 0 Å². The van der Waals surface area contributed by atoms with Gasteiger partial charge in [0, 0.05) is 17.7 Å². The first-order chi connectivity index (χ1) is 8.69. The Bertz CT molecular complexity index is 550. The van der Waals surface area contributed by atoms with E-state index in [0.29, 0.717) is 5.92 Å². The number of thiophene rings is 1. The van der Waals surface area contributed by atoms with E-state index in [4.69, 9.17) is 0 Å². The normalized spacial score (nSPS) is 28.7. The third-order valence-electron chi connectivity index (χ3n) is 4.16. The quantitative estimate of drug-likeness (QED) is 0.871. The number of fused-ring (bicyclic) bond motifs is 1. The zero-order valence-corrected chi connectivity index (χ0v) is 11.5. The molecule has 2 aromatic rings. The lowest BCUT2D eigenvalue weighted by molar-refractivity contribution is -0.0326. The van der Waals surface area contributed by atoms with Gasteiger partial charge < -0.3 is 10.4 Å². The summed E-state index contributed by atoms with van der Waals surface area (Å²) >= 11 is 1.78. The Morgan fingerprint density at radius 3 is 3.11 bits per heavy atom. The lowest BCUT2D eigenvalue weighted by Gasteiger charge is -2.38. The molecule has 0 aliphatic carbocycles. The van der Waals surface area contributed by atoms with E-state index >= 15 is 0 Å². The minimum atomic E-state index is -0.547. The number of hydrogen-bond donors (Lipinski definition) is 2. The van der Waals surface area contributed by atoms with Gasteiger partial charge in [-0.05, 0) is 41.3 Å². The average Bonchev–Trinajstić information content (AvgIpc) is 2.77. The molecule has 18 heavy (non-hydrogen) atoms. The van der Waals surface area contributed by atoms with Crippen molar-refractivity contribution < 1.29 is 5.11 Å². The Morgan fingerprint density at radius 1 is 1.44 bits per heavy atom. The van der Waals surface area contributed by atoms with Crippen molar-refractivity contribution in [1.82, 2.24) is 5.32 Å². The second-order valence-electron chi connectivity index (χ2n) is 5.39. The maximum absolute atomic E-state index is 10.8. The molecule has 0 radical (unpaired) electrons.